The molecule has 0 unspecified atom stereocenters. The first-order chi connectivity index (χ1) is 4.79. The Balaban J connectivity index is 3.01. The van der Waals surface area contributed by atoms with Crippen molar-refractivity contribution in [2.45, 2.75) is 20.1 Å². The summed E-state index contributed by atoms with van der Waals surface area (Å²) < 4.78 is 3.93. The van der Waals surface area contributed by atoms with Crippen LogP contribution in [-0.2, 0) is 20.2 Å². The summed E-state index contributed by atoms with van der Waals surface area (Å²) in [5.74, 6) is 0.947. The first-order valence-corrected chi connectivity index (χ1v) is 3.44. The van der Waals surface area contributed by atoms with Crippen molar-refractivity contribution >= 4 is 0 Å². The quantitative estimate of drug-likeness (QED) is 0.569. The third kappa shape index (κ3) is 1.04. The molecule has 0 saturated carbocycles. The van der Waals surface area contributed by atoms with Gasteiger partial charge in [0.1, 0.15) is 19.0 Å². The number of nitrogens with zero attached hydrogens (tertiary/aromatic N) is 2. The number of aryl methyl sites for hydroxylation is 2. The molecule has 1 N–H and O–H groups in total. The van der Waals surface area contributed by atoms with Gasteiger partial charge in [0, 0.05) is 0 Å². The predicted octanol–water partition coefficient (Wildman–Crippen LogP) is -0.175. The van der Waals surface area contributed by atoms with Gasteiger partial charge < -0.3 is 5.11 Å². The maximum absolute atomic E-state index is 8.88. The minimum absolute atomic E-state index is 0.108. The molecule has 0 aliphatic rings. The normalized spacial score (nSPS) is 10.3. The van der Waals surface area contributed by atoms with Crippen LogP contribution < -0.4 is 4.57 Å². The van der Waals surface area contributed by atoms with Gasteiger partial charge in [-0.1, -0.05) is 0 Å². The van der Waals surface area contributed by atoms with E-state index in [4.69, 9.17) is 5.11 Å². The summed E-state index contributed by atoms with van der Waals surface area (Å²) in [6.07, 6.45) is 3.90. The molecule has 0 saturated heterocycles. The van der Waals surface area contributed by atoms with E-state index in [0.29, 0.717) is 0 Å². The second kappa shape index (κ2) is 2.84. The molecular weight excluding hydrogens is 128 g/mol. The minimum Gasteiger partial charge on any atom is -0.384 e. The molecule has 0 radical (unpaired) electrons. The van der Waals surface area contributed by atoms with Crippen molar-refractivity contribution in [3.8, 4) is 0 Å². The highest BCUT2D eigenvalue weighted by molar-refractivity contribution is 4.79. The number of imidazole rings is 1. The molecule has 56 valence electrons. The van der Waals surface area contributed by atoms with E-state index >= 15 is 0 Å². The summed E-state index contributed by atoms with van der Waals surface area (Å²) in [7, 11) is 1.93. The Kier molecular flexibility index (Phi) is 2.06. The highest BCUT2D eigenvalue weighted by Crippen LogP contribution is 1.92. The summed E-state index contributed by atoms with van der Waals surface area (Å²) in [4.78, 5) is 0. The van der Waals surface area contributed by atoms with Crippen LogP contribution in [0.4, 0.5) is 0 Å². The Morgan fingerprint density at radius 3 is 2.80 bits per heavy atom. The van der Waals surface area contributed by atoms with Crippen LogP contribution in [0, 0.1) is 0 Å². The fourth-order valence-corrected chi connectivity index (χ4v) is 1.05. The number of hydrogen-bond acceptors (Lipinski definition) is 1. The number of aliphatic hydroxyl groups excluding tert-OH is 1. The molecule has 1 heterocycles. The van der Waals surface area contributed by atoms with E-state index in [-0.39, 0.29) is 6.61 Å². The van der Waals surface area contributed by atoms with Gasteiger partial charge in [-0.15, -0.1) is 0 Å². The molecule has 0 aliphatic heterocycles. The van der Waals surface area contributed by atoms with Crippen molar-refractivity contribution in [1.29, 1.82) is 0 Å². The van der Waals surface area contributed by atoms with Gasteiger partial charge in [-0.2, -0.15) is 0 Å². The van der Waals surface area contributed by atoms with Crippen LogP contribution in [0.3, 0.4) is 0 Å². The van der Waals surface area contributed by atoms with Crippen LogP contribution in [-0.4, -0.2) is 9.67 Å². The van der Waals surface area contributed by atoms with Crippen LogP contribution in [0.2, 0.25) is 0 Å². The van der Waals surface area contributed by atoms with E-state index < -0.39 is 0 Å². The zero-order valence-corrected chi connectivity index (χ0v) is 6.41. The molecule has 3 nitrogen and oxygen atoms in total. The lowest BCUT2D eigenvalue weighted by Gasteiger charge is -1.93. The average Bonchev–Trinajstić information content (AvgIpc) is 2.30. The molecule has 0 amide bonds. The van der Waals surface area contributed by atoms with Crippen LogP contribution in [0.15, 0.2) is 12.4 Å². The van der Waals surface area contributed by atoms with Gasteiger partial charge in [0.05, 0.1) is 13.6 Å². The second-order valence-corrected chi connectivity index (χ2v) is 2.27. The van der Waals surface area contributed by atoms with E-state index in [9.17, 15) is 0 Å². The fraction of sp³-hybridized carbons (Fsp3) is 0.571. The van der Waals surface area contributed by atoms with E-state index in [1.165, 1.54) is 0 Å². The molecule has 0 aromatic carbocycles. The van der Waals surface area contributed by atoms with Gasteiger partial charge in [0.15, 0.2) is 0 Å². The summed E-state index contributed by atoms with van der Waals surface area (Å²) in [5, 5.41) is 8.88. The van der Waals surface area contributed by atoms with E-state index in [1.54, 1.807) is 0 Å². The molecule has 0 aliphatic carbocycles. The second-order valence-electron chi connectivity index (χ2n) is 2.27. The van der Waals surface area contributed by atoms with Crippen molar-refractivity contribution in [1.82, 2.24) is 4.57 Å². The van der Waals surface area contributed by atoms with E-state index in [1.807, 2.05) is 28.6 Å². The average molecular weight is 141 g/mol. The summed E-state index contributed by atoms with van der Waals surface area (Å²) >= 11 is 0. The SMILES string of the molecule is CCn1cc[n+](C)c1CO. The molecular formula is C7H13N2O+. The first-order valence-electron chi connectivity index (χ1n) is 3.44. The van der Waals surface area contributed by atoms with Crippen molar-refractivity contribution in [2.24, 2.45) is 7.05 Å². The van der Waals surface area contributed by atoms with Crippen LogP contribution in [0.1, 0.15) is 12.7 Å². The third-order valence-corrected chi connectivity index (χ3v) is 1.69. The summed E-state index contributed by atoms with van der Waals surface area (Å²) in [5.41, 5.74) is 0. The smallest absolute Gasteiger partial charge is 0.282 e. The molecule has 0 fully saturated rings. The first kappa shape index (κ1) is 7.28. The minimum atomic E-state index is 0.108. The Hall–Kier alpha value is -0.830. The van der Waals surface area contributed by atoms with Crippen LogP contribution in [0.25, 0.3) is 0 Å². The predicted molar refractivity (Wildman–Crippen MR) is 37.2 cm³/mol. The summed E-state index contributed by atoms with van der Waals surface area (Å²) in [6.45, 7) is 3.08. The van der Waals surface area contributed by atoms with Crippen molar-refractivity contribution in [3.05, 3.63) is 18.2 Å². The van der Waals surface area contributed by atoms with Gasteiger partial charge in [0.25, 0.3) is 5.82 Å². The molecule has 0 bridgehead atoms. The Morgan fingerprint density at radius 1 is 1.70 bits per heavy atom. The highest BCUT2D eigenvalue weighted by Gasteiger charge is 2.09. The molecule has 0 atom stereocenters. The lowest BCUT2D eigenvalue weighted by Crippen LogP contribution is -2.31. The Labute approximate surface area is 60.5 Å². The zero-order chi connectivity index (χ0) is 7.56. The number of rotatable bonds is 2. The Morgan fingerprint density at radius 2 is 2.40 bits per heavy atom. The van der Waals surface area contributed by atoms with Crippen molar-refractivity contribution in [3.63, 3.8) is 0 Å². The monoisotopic (exact) mass is 141 g/mol. The maximum Gasteiger partial charge on any atom is 0.282 e. The van der Waals surface area contributed by atoms with Crippen LogP contribution >= 0.6 is 0 Å². The molecule has 1 aromatic rings. The largest absolute Gasteiger partial charge is 0.384 e. The number of aliphatic hydroxyl groups is 1. The maximum atomic E-state index is 8.88. The van der Waals surface area contributed by atoms with E-state index in [0.717, 1.165) is 12.4 Å². The molecule has 1 aromatic heterocycles. The van der Waals surface area contributed by atoms with Crippen molar-refractivity contribution < 1.29 is 9.67 Å². The van der Waals surface area contributed by atoms with Gasteiger partial charge in [-0.3, -0.25) is 0 Å². The van der Waals surface area contributed by atoms with E-state index in [2.05, 4.69) is 6.92 Å². The van der Waals surface area contributed by atoms with Crippen LogP contribution in [0.5, 0.6) is 0 Å². The fourth-order valence-electron chi connectivity index (χ4n) is 1.05. The highest BCUT2D eigenvalue weighted by atomic mass is 16.3. The Bertz CT molecular complexity index is 217. The number of aromatic nitrogens is 2. The summed E-state index contributed by atoms with van der Waals surface area (Å²) in [6, 6.07) is 0. The third-order valence-electron chi connectivity index (χ3n) is 1.69. The van der Waals surface area contributed by atoms with Gasteiger partial charge in [0.2, 0.25) is 0 Å². The molecule has 3 heteroatoms. The molecule has 1 rings (SSSR count). The standard InChI is InChI=1S/C7H13N2O/c1-3-9-5-4-8(2)7(9)6-10/h4-5,10H,3,6H2,1-2H3/q+1. The zero-order valence-electron chi connectivity index (χ0n) is 6.41. The van der Waals surface area contributed by atoms with Crippen molar-refractivity contribution in [2.75, 3.05) is 0 Å². The van der Waals surface area contributed by atoms with Gasteiger partial charge in [-0.05, 0) is 6.92 Å². The number of hydrogen-bond donors (Lipinski definition) is 1. The molecule has 10 heavy (non-hydrogen) atoms. The van der Waals surface area contributed by atoms with Gasteiger partial charge in [-0.25, -0.2) is 9.13 Å². The lowest BCUT2D eigenvalue weighted by atomic mass is 10.6. The van der Waals surface area contributed by atoms with Gasteiger partial charge >= 0.3 is 0 Å². The molecule has 0 spiro atoms. The topological polar surface area (TPSA) is 29.0 Å². The lowest BCUT2D eigenvalue weighted by molar-refractivity contribution is -0.680.